The van der Waals surface area contributed by atoms with Gasteiger partial charge < -0.3 is 10.5 Å². The lowest BCUT2D eigenvalue weighted by Gasteiger charge is -2.30. The van der Waals surface area contributed by atoms with E-state index in [0.29, 0.717) is 19.6 Å². The van der Waals surface area contributed by atoms with Gasteiger partial charge in [0.2, 0.25) is 0 Å². The predicted molar refractivity (Wildman–Crippen MR) is 61.6 cm³/mol. The molecule has 0 bridgehead atoms. The summed E-state index contributed by atoms with van der Waals surface area (Å²) in [6.07, 6.45) is 1.55. The maximum absolute atomic E-state index is 13.1. The number of hydrogen-bond acceptors (Lipinski definition) is 2. The second-order valence-electron chi connectivity index (χ2n) is 4.75. The third kappa shape index (κ3) is 2.33. The van der Waals surface area contributed by atoms with Crippen LogP contribution in [0, 0.1) is 17.0 Å². The van der Waals surface area contributed by atoms with Crippen LogP contribution in [0.1, 0.15) is 18.9 Å². The molecular formula is C13H17F2NO. The molecule has 0 aromatic heterocycles. The van der Waals surface area contributed by atoms with Gasteiger partial charge in [-0.3, -0.25) is 0 Å². The van der Waals surface area contributed by atoms with Crippen LogP contribution in [0.3, 0.4) is 0 Å². The summed E-state index contributed by atoms with van der Waals surface area (Å²) in [5.74, 6) is -1.62. The van der Waals surface area contributed by atoms with Crippen LogP contribution in [-0.4, -0.2) is 19.3 Å². The highest BCUT2D eigenvalue weighted by Crippen LogP contribution is 2.37. The van der Waals surface area contributed by atoms with Gasteiger partial charge in [0, 0.05) is 18.6 Å². The van der Waals surface area contributed by atoms with Crippen molar-refractivity contribution in [2.75, 3.05) is 13.2 Å². The van der Waals surface area contributed by atoms with E-state index in [0.717, 1.165) is 18.1 Å². The van der Waals surface area contributed by atoms with E-state index in [4.69, 9.17) is 10.5 Å². The quantitative estimate of drug-likeness (QED) is 0.881. The molecule has 2 atom stereocenters. The lowest BCUT2D eigenvalue weighted by atomic mass is 9.76. The first-order valence-corrected chi connectivity index (χ1v) is 5.83. The zero-order valence-corrected chi connectivity index (χ0v) is 9.88. The second-order valence-corrected chi connectivity index (χ2v) is 4.75. The summed E-state index contributed by atoms with van der Waals surface area (Å²) in [5.41, 5.74) is 6.45. The average molecular weight is 241 g/mol. The molecule has 2 N–H and O–H groups in total. The lowest BCUT2D eigenvalue weighted by molar-refractivity contribution is 0.0673. The normalized spacial score (nSPS) is 28.6. The maximum atomic E-state index is 13.1. The lowest BCUT2D eigenvalue weighted by Crippen LogP contribution is -2.38. The van der Waals surface area contributed by atoms with Crippen LogP contribution in [0.15, 0.2) is 18.2 Å². The van der Waals surface area contributed by atoms with E-state index in [2.05, 4.69) is 0 Å². The van der Waals surface area contributed by atoms with Crippen LogP contribution < -0.4 is 5.73 Å². The van der Waals surface area contributed by atoms with Gasteiger partial charge in [0.15, 0.2) is 11.6 Å². The SMILES string of the molecule is CC1OCCC1(CN)Cc1ccc(F)c(F)c1. The van der Waals surface area contributed by atoms with Crippen molar-refractivity contribution in [2.45, 2.75) is 25.9 Å². The molecule has 2 rings (SSSR count). The van der Waals surface area contributed by atoms with Gasteiger partial charge in [-0.05, 0) is 37.5 Å². The molecule has 0 radical (unpaired) electrons. The van der Waals surface area contributed by atoms with Gasteiger partial charge in [0.1, 0.15) is 0 Å². The average Bonchev–Trinajstić information content (AvgIpc) is 2.66. The molecule has 17 heavy (non-hydrogen) atoms. The van der Waals surface area contributed by atoms with Gasteiger partial charge in [-0.2, -0.15) is 0 Å². The van der Waals surface area contributed by atoms with E-state index in [1.54, 1.807) is 6.07 Å². The number of halogens is 2. The fraction of sp³-hybridized carbons (Fsp3) is 0.538. The number of ether oxygens (including phenoxy) is 1. The van der Waals surface area contributed by atoms with Gasteiger partial charge >= 0.3 is 0 Å². The van der Waals surface area contributed by atoms with Gasteiger partial charge in [-0.25, -0.2) is 8.78 Å². The molecule has 1 aliphatic heterocycles. The van der Waals surface area contributed by atoms with Crippen molar-refractivity contribution in [3.05, 3.63) is 35.4 Å². The molecule has 1 aromatic carbocycles. The van der Waals surface area contributed by atoms with E-state index in [1.807, 2.05) is 6.92 Å². The van der Waals surface area contributed by atoms with Crippen molar-refractivity contribution in [3.63, 3.8) is 0 Å². The first-order valence-electron chi connectivity index (χ1n) is 5.83. The molecule has 2 unspecified atom stereocenters. The first kappa shape index (κ1) is 12.5. The summed E-state index contributed by atoms with van der Waals surface area (Å²) in [7, 11) is 0. The Kier molecular flexibility index (Phi) is 3.45. The van der Waals surface area contributed by atoms with Gasteiger partial charge in [0.25, 0.3) is 0 Å². The van der Waals surface area contributed by atoms with Crippen molar-refractivity contribution in [2.24, 2.45) is 11.1 Å². The second kappa shape index (κ2) is 4.70. The number of benzene rings is 1. The molecule has 1 saturated heterocycles. The predicted octanol–water partition coefficient (Wildman–Crippen LogP) is 2.26. The minimum absolute atomic E-state index is 0.0561. The summed E-state index contributed by atoms with van der Waals surface area (Å²) in [6.45, 7) is 3.16. The molecule has 1 aromatic rings. The Morgan fingerprint density at radius 1 is 1.41 bits per heavy atom. The van der Waals surface area contributed by atoms with E-state index in [9.17, 15) is 8.78 Å². The van der Waals surface area contributed by atoms with Gasteiger partial charge in [0.05, 0.1) is 6.10 Å². The van der Waals surface area contributed by atoms with Gasteiger partial charge in [-0.15, -0.1) is 0 Å². The summed E-state index contributed by atoms with van der Waals surface area (Å²) in [5, 5.41) is 0. The highest BCUT2D eigenvalue weighted by Gasteiger charge is 2.40. The zero-order valence-electron chi connectivity index (χ0n) is 9.88. The Bertz CT molecular complexity index is 410. The van der Waals surface area contributed by atoms with E-state index in [1.165, 1.54) is 6.07 Å². The molecule has 1 aliphatic rings. The molecule has 0 saturated carbocycles. The highest BCUT2D eigenvalue weighted by atomic mass is 19.2. The molecule has 2 nitrogen and oxygen atoms in total. The Balaban J connectivity index is 2.21. The van der Waals surface area contributed by atoms with Crippen LogP contribution in [0.25, 0.3) is 0 Å². The molecule has 0 spiro atoms. The zero-order chi connectivity index (χ0) is 12.5. The van der Waals surface area contributed by atoms with Crippen LogP contribution in [0.4, 0.5) is 8.78 Å². The summed E-state index contributed by atoms with van der Waals surface area (Å²) < 4.78 is 31.5. The van der Waals surface area contributed by atoms with Gasteiger partial charge in [-0.1, -0.05) is 6.07 Å². The number of rotatable bonds is 3. The third-order valence-electron chi connectivity index (χ3n) is 3.78. The molecule has 94 valence electrons. The molecule has 1 heterocycles. The summed E-state index contributed by atoms with van der Waals surface area (Å²) in [4.78, 5) is 0. The molecular weight excluding hydrogens is 224 g/mol. The maximum Gasteiger partial charge on any atom is 0.159 e. The van der Waals surface area contributed by atoms with E-state index < -0.39 is 11.6 Å². The minimum Gasteiger partial charge on any atom is -0.378 e. The fourth-order valence-corrected chi connectivity index (χ4v) is 2.45. The summed E-state index contributed by atoms with van der Waals surface area (Å²) >= 11 is 0. The van der Waals surface area contributed by atoms with E-state index in [-0.39, 0.29) is 11.5 Å². The van der Waals surface area contributed by atoms with Crippen LogP contribution in [0.2, 0.25) is 0 Å². The van der Waals surface area contributed by atoms with Crippen molar-refractivity contribution in [1.82, 2.24) is 0 Å². The van der Waals surface area contributed by atoms with Crippen molar-refractivity contribution in [1.29, 1.82) is 0 Å². The Morgan fingerprint density at radius 3 is 2.71 bits per heavy atom. The Labute approximate surface area is 99.8 Å². The fourth-order valence-electron chi connectivity index (χ4n) is 2.45. The Morgan fingerprint density at radius 2 is 2.18 bits per heavy atom. The van der Waals surface area contributed by atoms with Crippen LogP contribution >= 0.6 is 0 Å². The first-order chi connectivity index (χ1) is 8.07. The highest BCUT2D eigenvalue weighted by molar-refractivity contribution is 5.20. The molecule has 4 heteroatoms. The van der Waals surface area contributed by atoms with Crippen LogP contribution in [0.5, 0.6) is 0 Å². The number of nitrogens with two attached hydrogens (primary N) is 1. The largest absolute Gasteiger partial charge is 0.378 e. The topological polar surface area (TPSA) is 35.2 Å². The number of hydrogen-bond donors (Lipinski definition) is 1. The standard InChI is InChI=1S/C13H17F2NO/c1-9-13(8-16,4-5-17-9)7-10-2-3-11(14)12(15)6-10/h2-3,6,9H,4-5,7-8,16H2,1H3. The van der Waals surface area contributed by atoms with Crippen molar-refractivity contribution in [3.8, 4) is 0 Å². The van der Waals surface area contributed by atoms with Crippen molar-refractivity contribution < 1.29 is 13.5 Å². The van der Waals surface area contributed by atoms with Crippen molar-refractivity contribution >= 4 is 0 Å². The summed E-state index contributed by atoms with van der Waals surface area (Å²) in [6, 6.07) is 4.02. The molecule has 0 aliphatic carbocycles. The monoisotopic (exact) mass is 241 g/mol. The van der Waals surface area contributed by atoms with Crippen LogP contribution in [-0.2, 0) is 11.2 Å². The smallest absolute Gasteiger partial charge is 0.159 e. The third-order valence-corrected chi connectivity index (χ3v) is 3.78. The molecule has 1 fully saturated rings. The van der Waals surface area contributed by atoms with E-state index >= 15 is 0 Å². The Hall–Kier alpha value is -1.00. The molecule has 0 amide bonds. The minimum atomic E-state index is -0.814.